The van der Waals surface area contributed by atoms with Crippen molar-refractivity contribution < 1.29 is 28.2 Å². The van der Waals surface area contributed by atoms with Crippen LogP contribution < -0.4 is 4.74 Å². The summed E-state index contributed by atoms with van der Waals surface area (Å²) in [6.45, 7) is 10.4. The van der Waals surface area contributed by atoms with Gasteiger partial charge >= 0.3 is 5.97 Å². The van der Waals surface area contributed by atoms with E-state index in [9.17, 15) is 18.7 Å². The fourth-order valence-corrected chi connectivity index (χ4v) is 6.14. The van der Waals surface area contributed by atoms with Crippen molar-refractivity contribution in [2.24, 2.45) is 0 Å². The maximum absolute atomic E-state index is 14.5. The number of benzene rings is 1. The molecule has 1 N–H and O–H groups in total. The van der Waals surface area contributed by atoms with E-state index in [0.29, 0.717) is 13.1 Å². The summed E-state index contributed by atoms with van der Waals surface area (Å²) in [5.74, 6) is -1.30. The number of carbonyl (C=O) groups is 1. The molecule has 41 heavy (non-hydrogen) atoms. The van der Waals surface area contributed by atoms with Crippen molar-refractivity contribution in [1.82, 2.24) is 19.4 Å². The van der Waals surface area contributed by atoms with E-state index in [4.69, 9.17) is 21.0 Å². The van der Waals surface area contributed by atoms with Crippen molar-refractivity contribution in [1.29, 1.82) is 0 Å². The summed E-state index contributed by atoms with van der Waals surface area (Å²) in [7, 11) is 0. The van der Waals surface area contributed by atoms with Crippen LogP contribution in [0.3, 0.4) is 0 Å². The number of hydrogen-bond donors (Lipinski definition) is 1. The zero-order chi connectivity index (χ0) is 28.5. The SMILES string of the molecule is [C-]#[N+]c1ccc(COc2nc(C3CCN(Cc4nc5sc(C(=O)O)cc5n4C[C@@H]4CCO4)CC3)ccc2F)c(F)c1. The lowest BCUT2D eigenvalue weighted by atomic mass is 9.93. The molecule has 0 spiro atoms. The number of ether oxygens (including phenoxy) is 2. The summed E-state index contributed by atoms with van der Waals surface area (Å²) in [5, 5.41) is 9.41. The van der Waals surface area contributed by atoms with E-state index in [1.165, 1.54) is 29.5 Å². The number of likely N-dealkylation sites (tertiary alicyclic amines) is 1. The van der Waals surface area contributed by atoms with Gasteiger partial charge in [-0.3, -0.25) is 4.90 Å². The Labute approximate surface area is 238 Å². The number of piperidine rings is 1. The Balaban J connectivity index is 1.10. The van der Waals surface area contributed by atoms with Gasteiger partial charge in [0.1, 0.15) is 28.0 Å². The normalized spacial score (nSPS) is 17.8. The molecule has 5 heterocycles. The molecule has 1 aromatic carbocycles. The number of nitrogens with zero attached hydrogens (tertiary/aromatic N) is 5. The number of fused-ring (bicyclic) bond motifs is 1. The molecule has 212 valence electrons. The van der Waals surface area contributed by atoms with E-state index < -0.39 is 17.6 Å². The third kappa shape index (κ3) is 5.79. The Hall–Kier alpha value is -3.92. The van der Waals surface area contributed by atoms with Crippen molar-refractivity contribution in [3.63, 3.8) is 0 Å². The molecule has 2 fully saturated rings. The van der Waals surface area contributed by atoms with E-state index in [-0.39, 0.29) is 40.6 Å². The van der Waals surface area contributed by atoms with E-state index in [0.717, 1.165) is 66.9 Å². The quantitative estimate of drug-likeness (QED) is 0.252. The van der Waals surface area contributed by atoms with Gasteiger partial charge in [-0.05, 0) is 56.6 Å². The fourth-order valence-electron chi connectivity index (χ4n) is 5.25. The van der Waals surface area contributed by atoms with Crippen LogP contribution in [0.1, 0.15) is 51.9 Å². The van der Waals surface area contributed by atoms with Crippen LogP contribution in [0.25, 0.3) is 15.2 Å². The number of halogens is 2. The Morgan fingerprint density at radius 3 is 2.63 bits per heavy atom. The lowest BCUT2D eigenvalue weighted by Crippen LogP contribution is -2.35. The van der Waals surface area contributed by atoms with Gasteiger partial charge in [0.2, 0.25) is 0 Å². The monoisotopic (exact) mass is 579 g/mol. The first-order valence-electron chi connectivity index (χ1n) is 13.4. The summed E-state index contributed by atoms with van der Waals surface area (Å²) in [5.41, 5.74) is 1.97. The minimum absolute atomic E-state index is 0.112. The molecule has 2 aliphatic heterocycles. The van der Waals surface area contributed by atoms with Crippen LogP contribution in [-0.4, -0.2) is 56.3 Å². The molecule has 12 heteroatoms. The van der Waals surface area contributed by atoms with Crippen LogP contribution in [0.4, 0.5) is 14.5 Å². The molecule has 6 rings (SSSR count). The van der Waals surface area contributed by atoms with Gasteiger partial charge in [0.15, 0.2) is 11.5 Å². The molecule has 3 aromatic heterocycles. The smallest absolute Gasteiger partial charge is 0.346 e. The average molecular weight is 580 g/mol. The Kier molecular flexibility index (Phi) is 7.66. The number of rotatable bonds is 9. The molecular weight excluding hydrogens is 552 g/mol. The van der Waals surface area contributed by atoms with Gasteiger partial charge in [-0.25, -0.2) is 28.4 Å². The highest BCUT2D eigenvalue weighted by Gasteiger charge is 2.27. The Morgan fingerprint density at radius 1 is 1.15 bits per heavy atom. The zero-order valence-corrected chi connectivity index (χ0v) is 22.9. The first-order chi connectivity index (χ1) is 19.9. The largest absolute Gasteiger partial charge is 0.477 e. The van der Waals surface area contributed by atoms with Crippen molar-refractivity contribution in [3.05, 3.63) is 81.4 Å². The lowest BCUT2D eigenvalue weighted by Gasteiger charge is -2.32. The van der Waals surface area contributed by atoms with Crippen molar-refractivity contribution >= 4 is 33.3 Å². The molecule has 0 unspecified atom stereocenters. The van der Waals surface area contributed by atoms with Crippen LogP contribution in [-0.2, 0) is 24.4 Å². The lowest BCUT2D eigenvalue weighted by molar-refractivity contribution is -0.0592. The standard InChI is InChI=1S/C29H27F2N5O4S/c1-32-19-3-2-18(22(31)12-19)16-40-27-21(30)4-5-23(33-27)17-6-9-35(10-7-17)15-26-34-28-24(13-25(41-28)29(37)38)36(26)14-20-8-11-39-20/h2-5,12-13,17,20H,6-11,14-16H2,(H,37,38)/t20-/m0/s1. The number of thiophene rings is 1. The summed E-state index contributed by atoms with van der Waals surface area (Å²) in [6.07, 6.45) is 2.71. The highest BCUT2D eigenvalue weighted by Crippen LogP contribution is 2.32. The summed E-state index contributed by atoms with van der Waals surface area (Å²) in [4.78, 5) is 27.2. The minimum Gasteiger partial charge on any atom is -0.477 e. The zero-order valence-electron chi connectivity index (χ0n) is 22.1. The van der Waals surface area contributed by atoms with Gasteiger partial charge in [0.05, 0.1) is 31.3 Å². The van der Waals surface area contributed by atoms with Gasteiger partial charge in [0.25, 0.3) is 5.88 Å². The van der Waals surface area contributed by atoms with Crippen molar-refractivity contribution in [2.75, 3.05) is 19.7 Å². The number of imidazole rings is 1. The summed E-state index contributed by atoms with van der Waals surface area (Å²) >= 11 is 1.19. The second-order valence-electron chi connectivity index (χ2n) is 10.3. The van der Waals surface area contributed by atoms with E-state index in [1.54, 1.807) is 12.1 Å². The number of aromatic carboxylic acids is 1. The third-order valence-corrected chi connectivity index (χ3v) is 8.66. The molecule has 0 amide bonds. The van der Waals surface area contributed by atoms with Gasteiger partial charge in [-0.1, -0.05) is 12.1 Å². The molecule has 0 saturated carbocycles. The predicted octanol–water partition coefficient (Wildman–Crippen LogP) is 5.77. The van der Waals surface area contributed by atoms with E-state index in [2.05, 4.69) is 19.3 Å². The topological polar surface area (TPSA) is 94.1 Å². The maximum atomic E-state index is 14.5. The molecular formula is C29H27F2N5O4S. The molecule has 2 aliphatic rings. The van der Waals surface area contributed by atoms with E-state index >= 15 is 0 Å². The highest BCUT2D eigenvalue weighted by atomic mass is 32.1. The van der Waals surface area contributed by atoms with Gasteiger partial charge in [-0.2, -0.15) is 0 Å². The maximum Gasteiger partial charge on any atom is 0.346 e. The number of pyridine rings is 1. The third-order valence-electron chi connectivity index (χ3n) is 7.65. The van der Waals surface area contributed by atoms with Gasteiger partial charge in [-0.15, -0.1) is 11.3 Å². The number of carboxylic acid groups (broad SMARTS) is 1. The second kappa shape index (κ2) is 11.5. The van der Waals surface area contributed by atoms with Crippen LogP contribution in [0.5, 0.6) is 5.88 Å². The molecule has 0 bridgehead atoms. The number of carboxylic acids is 1. The first-order valence-corrected chi connectivity index (χ1v) is 14.2. The van der Waals surface area contributed by atoms with Crippen LogP contribution in [0.2, 0.25) is 0 Å². The predicted molar refractivity (Wildman–Crippen MR) is 147 cm³/mol. The summed E-state index contributed by atoms with van der Waals surface area (Å²) < 4.78 is 42.0. The van der Waals surface area contributed by atoms with E-state index in [1.807, 2.05) is 0 Å². The molecule has 0 aliphatic carbocycles. The fraction of sp³-hybridized carbons (Fsp3) is 0.379. The minimum atomic E-state index is -0.951. The molecule has 2 saturated heterocycles. The van der Waals surface area contributed by atoms with Crippen LogP contribution in [0, 0.1) is 18.2 Å². The Morgan fingerprint density at radius 2 is 1.95 bits per heavy atom. The number of hydrogen-bond acceptors (Lipinski definition) is 7. The summed E-state index contributed by atoms with van der Waals surface area (Å²) in [6, 6.07) is 8.78. The van der Waals surface area contributed by atoms with Gasteiger partial charge < -0.3 is 19.1 Å². The van der Waals surface area contributed by atoms with Crippen LogP contribution in [0.15, 0.2) is 36.4 Å². The first kappa shape index (κ1) is 27.3. The average Bonchev–Trinajstić information content (AvgIpc) is 3.49. The van der Waals surface area contributed by atoms with Crippen LogP contribution >= 0.6 is 11.3 Å². The van der Waals surface area contributed by atoms with Crippen molar-refractivity contribution in [2.45, 2.75) is 51.0 Å². The molecule has 9 nitrogen and oxygen atoms in total. The highest BCUT2D eigenvalue weighted by molar-refractivity contribution is 7.20. The van der Waals surface area contributed by atoms with Gasteiger partial charge in [0, 0.05) is 23.8 Å². The molecule has 0 radical (unpaired) electrons. The molecule has 1 atom stereocenters. The molecule has 4 aromatic rings. The number of aromatic nitrogens is 3. The second-order valence-corrected chi connectivity index (χ2v) is 11.3. The Bertz CT molecular complexity index is 1640. The van der Waals surface area contributed by atoms with Crippen molar-refractivity contribution in [3.8, 4) is 5.88 Å².